The van der Waals surface area contributed by atoms with E-state index in [-0.39, 0.29) is 9.80 Å². The highest BCUT2D eigenvalue weighted by atomic mass is 35.5. The third-order valence-corrected chi connectivity index (χ3v) is 5.47. The van der Waals surface area contributed by atoms with Gasteiger partial charge in [-0.2, -0.15) is 10.4 Å². The number of aromatic amines is 1. The molecule has 0 fully saturated rings. The topological polar surface area (TPSA) is 86.6 Å². The molecule has 0 unspecified atom stereocenters. The number of benzene rings is 2. The minimum absolute atomic E-state index is 0.0688. The average molecular weight is 370 g/mol. The van der Waals surface area contributed by atoms with Gasteiger partial charge >= 0.3 is 0 Å². The molecule has 1 heterocycles. The van der Waals surface area contributed by atoms with Crippen LogP contribution in [0.15, 0.2) is 70.6 Å². The van der Waals surface area contributed by atoms with Gasteiger partial charge in [0.15, 0.2) is 0 Å². The smallest absolute Gasteiger partial charge is 0.216 e. The van der Waals surface area contributed by atoms with E-state index in [1.807, 2.05) is 0 Å². The second-order valence-electron chi connectivity index (χ2n) is 5.14. The number of nitrogens with zero attached hydrogens (tertiary/aromatic N) is 2. The number of nitrogens with one attached hydrogen (secondary N) is 1. The minimum atomic E-state index is -3.90. The van der Waals surface area contributed by atoms with Gasteiger partial charge in [-0.05, 0) is 30.3 Å². The Balaban J connectivity index is 2.07. The molecule has 25 heavy (non-hydrogen) atoms. The number of nitriles is 1. The number of hydrogen-bond donors (Lipinski definition) is 1. The third kappa shape index (κ3) is 3.48. The first kappa shape index (κ1) is 17.0. The highest BCUT2D eigenvalue weighted by Gasteiger charge is 2.21. The Hall–Kier alpha value is -2.88. The van der Waals surface area contributed by atoms with E-state index in [0.717, 1.165) is 5.56 Å². The van der Waals surface area contributed by atoms with Gasteiger partial charge in [-0.15, -0.1) is 0 Å². The molecule has 2 aromatic carbocycles. The minimum Gasteiger partial charge on any atom is -0.277 e. The molecule has 0 aliphatic rings. The normalized spacial score (nSPS) is 11.9. The molecule has 7 heteroatoms. The Kier molecular flexibility index (Phi) is 4.70. The lowest BCUT2D eigenvalue weighted by Gasteiger charge is -2.04. The summed E-state index contributed by atoms with van der Waals surface area (Å²) in [5, 5.41) is 16.7. The number of halogens is 1. The molecule has 0 saturated carbocycles. The SMILES string of the molecule is N#C/C(=C\c1cn[nH]c1-c1ccc(Cl)cc1)S(=O)(=O)c1ccccc1. The quantitative estimate of drug-likeness (QED) is 0.702. The fourth-order valence-corrected chi connectivity index (χ4v) is 3.59. The summed E-state index contributed by atoms with van der Waals surface area (Å²) in [6, 6.07) is 16.6. The van der Waals surface area contributed by atoms with Gasteiger partial charge in [-0.25, -0.2) is 8.42 Å². The maximum Gasteiger partial charge on any atom is 0.216 e. The van der Waals surface area contributed by atoms with Crippen molar-refractivity contribution in [3.05, 3.63) is 76.3 Å². The molecule has 0 saturated heterocycles. The van der Waals surface area contributed by atoms with E-state index in [1.54, 1.807) is 48.5 Å². The Bertz CT molecular complexity index is 1060. The first-order valence-corrected chi connectivity index (χ1v) is 9.10. The third-order valence-electron chi connectivity index (χ3n) is 3.54. The molecule has 0 atom stereocenters. The highest BCUT2D eigenvalue weighted by Crippen LogP contribution is 2.27. The standard InChI is InChI=1S/C18H12ClN3O2S/c19-15-8-6-13(7-9-15)18-14(12-21-22-18)10-17(11-20)25(23,24)16-4-2-1-3-5-16/h1-10,12H,(H,21,22)/b17-10+. The van der Waals surface area contributed by atoms with Gasteiger partial charge in [-0.3, -0.25) is 5.10 Å². The van der Waals surface area contributed by atoms with Crippen LogP contribution < -0.4 is 0 Å². The van der Waals surface area contributed by atoms with Crippen LogP contribution in [-0.2, 0) is 9.84 Å². The van der Waals surface area contributed by atoms with Crippen LogP contribution in [0.25, 0.3) is 17.3 Å². The summed E-state index contributed by atoms with van der Waals surface area (Å²) in [6.07, 6.45) is 2.79. The zero-order valence-corrected chi connectivity index (χ0v) is 14.4. The summed E-state index contributed by atoms with van der Waals surface area (Å²) < 4.78 is 25.3. The number of rotatable bonds is 4. The first-order valence-electron chi connectivity index (χ1n) is 7.23. The van der Waals surface area contributed by atoms with E-state index in [9.17, 15) is 13.7 Å². The molecule has 0 aliphatic carbocycles. The Morgan fingerprint density at radius 3 is 2.44 bits per heavy atom. The Morgan fingerprint density at radius 2 is 1.80 bits per heavy atom. The van der Waals surface area contributed by atoms with Crippen LogP contribution in [0.2, 0.25) is 5.02 Å². The largest absolute Gasteiger partial charge is 0.277 e. The summed E-state index contributed by atoms with van der Waals surface area (Å²) in [5.74, 6) is 0. The molecule has 3 aromatic rings. The van der Waals surface area contributed by atoms with Crippen LogP contribution in [0.5, 0.6) is 0 Å². The van der Waals surface area contributed by atoms with Gasteiger partial charge in [0.2, 0.25) is 9.84 Å². The van der Waals surface area contributed by atoms with Crippen LogP contribution in [0.4, 0.5) is 0 Å². The molecular weight excluding hydrogens is 358 g/mol. The molecule has 1 N–H and O–H groups in total. The van der Waals surface area contributed by atoms with Crippen molar-refractivity contribution in [1.82, 2.24) is 10.2 Å². The number of allylic oxidation sites excluding steroid dienone is 1. The van der Waals surface area contributed by atoms with Gasteiger partial charge in [0.05, 0.1) is 16.8 Å². The molecular formula is C18H12ClN3O2S. The molecule has 0 radical (unpaired) electrons. The van der Waals surface area contributed by atoms with E-state index in [1.165, 1.54) is 24.4 Å². The van der Waals surface area contributed by atoms with E-state index < -0.39 is 9.84 Å². The maximum atomic E-state index is 12.6. The van der Waals surface area contributed by atoms with Crippen molar-refractivity contribution >= 4 is 27.5 Å². The van der Waals surface area contributed by atoms with Crippen molar-refractivity contribution in [2.75, 3.05) is 0 Å². The monoisotopic (exact) mass is 369 g/mol. The molecule has 3 rings (SSSR count). The summed E-state index contributed by atoms with van der Waals surface area (Å²) in [6.45, 7) is 0. The lowest BCUT2D eigenvalue weighted by molar-refractivity contribution is 0.603. The number of sulfone groups is 1. The van der Waals surface area contributed by atoms with Crippen molar-refractivity contribution in [3.8, 4) is 17.3 Å². The van der Waals surface area contributed by atoms with Gasteiger partial charge in [0.25, 0.3) is 0 Å². The summed E-state index contributed by atoms with van der Waals surface area (Å²) in [5.41, 5.74) is 1.88. The van der Waals surface area contributed by atoms with E-state index in [0.29, 0.717) is 16.3 Å². The summed E-state index contributed by atoms with van der Waals surface area (Å²) >= 11 is 5.89. The highest BCUT2D eigenvalue weighted by molar-refractivity contribution is 7.95. The van der Waals surface area contributed by atoms with Crippen molar-refractivity contribution in [2.45, 2.75) is 4.90 Å². The fourth-order valence-electron chi connectivity index (χ4n) is 2.29. The van der Waals surface area contributed by atoms with Crippen molar-refractivity contribution in [1.29, 1.82) is 5.26 Å². The van der Waals surface area contributed by atoms with Crippen molar-refractivity contribution in [2.24, 2.45) is 0 Å². The lowest BCUT2D eigenvalue weighted by atomic mass is 10.1. The first-order chi connectivity index (χ1) is 12.0. The molecule has 0 spiro atoms. The van der Waals surface area contributed by atoms with Crippen LogP contribution in [0.1, 0.15) is 5.56 Å². The van der Waals surface area contributed by atoms with Crippen molar-refractivity contribution < 1.29 is 8.42 Å². The van der Waals surface area contributed by atoms with E-state index in [4.69, 9.17) is 11.6 Å². The fraction of sp³-hybridized carbons (Fsp3) is 0. The van der Waals surface area contributed by atoms with Gasteiger partial charge in [-0.1, -0.05) is 41.9 Å². The zero-order valence-electron chi connectivity index (χ0n) is 12.8. The second-order valence-corrected chi connectivity index (χ2v) is 7.50. The van der Waals surface area contributed by atoms with Crippen LogP contribution in [0.3, 0.4) is 0 Å². The molecule has 5 nitrogen and oxygen atoms in total. The van der Waals surface area contributed by atoms with Gasteiger partial charge < -0.3 is 0 Å². The summed E-state index contributed by atoms with van der Waals surface area (Å²) in [4.78, 5) is -0.283. The van der Waals surface area contributed by atoms with E-state index in [2.05, 4.69) is 10.2 Å². The number of aromatic nitrogens is 2. The van der Waals surface area contributed by atoms with Crippen LogP contribution >= 0.6 is 11.6 Å². The van der Waals surface area contributed by atoms with Crippen LogP contribution in [-0.4, -0.2) is 18.6 Å². The predicted octanol–water partition coefficient (Wildman–Crippen LogP) is 4.07. The zero-order chi connectivity index (χ0) is 17.9. The average Bonchev–Trinajstić information content (AvgIpc) is 3.09. The van der Waals surface area contributed by atoms with Gasteiger partial charge in [0.1, 0.15) is 11.0 Å². The lowest BCUT2D eigenvalue weighted by Crippen LogP contribution is -2.03. The predicted molar refractivity (Wildman–Crippen MR) is 96.3 cm³/mol. The maximum absolute atomic E-state index is 12.6. The van der Waals surface area contributed by atoms with Crippen LogP contribution in [0, 0.1) is 11.3 Å². The molecule has 1 aromatic heterocycles. The Labute approximate surface area is 150 Å². The van der Waals surface area contributed by atoms with Gasteiger partial charge in [0, 0.05) is 16.1 Å². The Morgan fingerprint density at radius 1 is 1.12 bits per heavy atom. The molecule has 124 valence electrons. The molecule has 0 bridgehead atoms. The number of hydrogen-bond acceptors (Lipinski definition) is 4. The second kappa shape index (κ2) is 6.93. The summed E-state index contributed by atoms with van der Waals surface area (Å²) in [7, 11) is -3.90. The molecule has 0 amide bonds. The van der Waals surface area contributed by atoms with E-state index >= 15 is 0 Å². The molecule has 0 aliphatic heterocycles. The number of H-pyrrole nitrogens is 1. The van der Waals surface area contributed by atoms with Crippen molar-refractivity contribution in [3.63, 3.8) is 0 Å².